The average molecular weight is 505 g/mol. The van der Waals surface area contributed by atoms with Crippen LogP contribution in [0.2, 0.25) is 0 Å². The molecular weight excluding hydrogens is 479 g/mol. The van der Waals surface area contributed by atoms with Crippen LogP contribution in [0.25, 0.3) is 22.3 Å². The molecule has 4 heterocycles. The zero-order valence-corrected chi connectivity index (χ0v) is 19.6. The average Bonchev–Trinajstić information content (AvgIpc) is 3.24. The Bertz CT molecular complexity index is 1240. The number of nitrogens with zero attached hydrogens (tertiary/aromatic N) is 3. The van der Waals surface area contributed by atoms with Gasteiger partial charge in [0.2, 0.25) is 5.91 Å². The molecule has 0 atom stereocenters. The summed E-state index contributed by atoms with van der Waals surface area (Å²) in [6.07, 6.45) is -1.58. The van der Waals surface area contributed by atoms with Crippen molar-refractivity contribution in [3.8, 4) is 17.0 Å². The summed E-state index contributed by atoms with van der Waals surface area (Å²) in [5.41, 5.74) is 1.97. The minimum Gasteiger partial charge on any atom is -0.481 e. The van der Waals surface area contributed by atoms with Crippen molar-refractivity contribution in [3.63, 3.8) is 0 Å². The van der Waals surface area contributed by atoms with Crippen LogP contribution in [0.15, 0.2) is 30.5 Å². The van der Waals surface area contributed by atoms with Gasteiger partial charge in [-0.05, 0) is 37.5 Å². The van der Waals surface area contributed by atoms with Crippen LogP contribution in [-0.2, 0) is 11.2 Å². The summed E-state index contributed by atoms with van der Waals surface area (Å²) in [7, 11) is 0. The number of piperidine rings is 1. The summed E-state index contributed by atoms with van der Waals surface area (Å²) in [5, 5.41) is 12.1. The van der Waals surface area contributed by atoms with Gasteiger partial charge in [0.05, 0.1) is 16.8 Å². The van der Waals surface area contributed by atoms with E-state index >= 15 is 0 Å². The van der Waals surface area contributed by atoms with Crippen LogP contribution >= 0.6 is 0 Å². The van der Waals surface area contributed by atoms with Crippen molar-refractivity contribution in [1.29, 1.82) is 0 Å². The number of aryl methyl sites for hydroxylation is 1. The van der Waals surface area contributed by atoms with E-state index in [2.05, 4.69) is 20.3 Å². The number of carbonyl (C=O) groups is 2. The molecule has 3 aromatic heterocycles. The maximum Gasteiger partial charge on any atom is 0.422 e. The Morgan fingerprint density at radius 3 is 2.64 bits per heavy atom. The number of hydrogen-bond acceptors (Lipinski definition) is 6. The summed E-state index contributed by atoms with van der Waals surface area (Å²) in [6, 6.07) is 6.66. The maximum absolute atomic E-state index is 13.1. The first-order valence-corrected chi connectivity index (χ1v) is 11.6. The molecule has 0 aromatic carbocycles. The van der Waals surface area contributed by atoms with Crippen molar-refractivity contribution in [1.82, 2.24) is 25.2 Å². The second-order valence-electron chi connectivity index (χ2n) is 8.47. The molecule has 1 saturated heterocycles. The summed E-state index contributed by atoms with van der Waals surface area (Å²) >= 11 is 0. The second-order valence-corrected chi connectivity index (χ2v) is 8.47. The van der Waals surface area contributed by atoms with Gasteiger partial charge in [-0.3, -0.25) is 14.6 Å². The van der Waals surface area contributed by atoms with Gasteiger partial charge in [0.15, 0.2) is 12.4 Å². The lowest BCUT2D eigenvalue weighted by atomic mass is 10.0. The Kier molecular flexibility index (Phi) is 7.43. The second kappa shape index (κ2) is 10.5. The van der Waals surface area contributed by atoms with Crippen molar-refractivity contribution in [2.24, 2.45) is 0 Å². The van der Waals surface area contributed by atoms with Crippen LogP contribution in [0.3, 0.4) is 0 Å². The number of ether oxygens (including phenoxy) is 1. The lowest BCUT2D eigenvalue weighted by molar-refractivity contribution is -0.153. The summed E-state index contributed by atoms with van der Waals surface area (Å²) in [4.78, 5) is 38.0. The predicted molar refractivity (Wildman–Crippen MR) is 124 cm³/mol. The number of hydrogen-bond donors (Lipinski definition) is 3. The number of halogens is 3. The third-order valence-corrected chi connectivity index (χ3v) is 6.02. The number of aromatic nitrogens is 3. The van der Waals surface area contributed by atoms with E-state index in [-0.39, 0.29) is 34.4 Å². The number of H-pyrrole nitrogens is 1. The Hall–Kier alpha value is -3.67. The molecule has 1 aliphatic heterocycles. The highest BCUT2D eigenvalue weighted by Gasteiger charge is 2.32. The highest BCUT2D eigenvalue weighted by Crippen LogP contribution is 2.35. The molecule has 0 bridgehead atoms. The number of nitrogens with one attached hydrogen (secondary N) is 2. The lowest BCUT2D eigenvalue weighted by Crippen LogP contribution is -2.47. The number of likely N-dealkylation sites (tertiary alicyclic amines) is 1. The first kappa shape index (κ1) is 25.4. The Morgan fingerprint density at radius 1 is 1.28 bits per heavy atom. The van der Waals surface area contributed by atoms with Crippen molar-refractivity contribution in [3.05, 3.63) is 41.9 Å². The number of pyridine rings is 2. The quantitative estimate of drug-likeness (QED) is 0.454. The Balaban J connectivity index is 1.67. The van der Waals surface area contributed by atoms with E-state index in [9.17, 15) is 22.8 Å². The topological polar surface area (TPSA) is 120 Å². The largest absolute Gasteiger partial charge is 0.481 e. The number of carbonyl (C=O) groups excluding carboxylic acids is 2. The predicted octanol–water partition coefficient (Wildman–Crippen LogP) is 2.84. The number of aromatic amines is 1. The van der Waals surface area contributed by atoms with Gasteiger partial charge in [0, 0.05) is 30.9 Å². The first-order chi connectivity index (χ1) is 17.2. The van der Waals surface area contributed by atoms with E-state index in [0.717, 1.165) is 0 Å². The van der Waals surface area contributed by atoms with E-state index in [0.29, 0.717) is 49.3 Å². The molecule has 0 aliphatic carbocycles. The fourth-order valence-electron chi connectivity index (χ4n) is 4.24. The monoisotopic (exact) mass is 505 g/mol. The molecule has 0 radical (unpaired) electrons. The normalized spacial score (nSPS) is 14.8. The van der Waals surface area contributed by atoms with Gasteiger partial charge in [0.25, 0.3) is 5.91 Å². The molecule has 0 saturated carbocycles. The van der Waals surface area contributed by atoms with Gasteiger partial charge in [0.1, 0.15) is 17.9 Å². The van der Waals surface area contributed by atoms with Crippen molar-refractivity contribution in [2.75, 3.05) is 26.3 Å². The van der Waals surface area contributed by atoms with Gasteiger partial charge in [-0.1, -0.05) is 13.0 Å². The highest BCUT2D eigenvalue weighted by molar-refractivity contribution is 6.03. The van der Waals surface area contributed by atoms with Gasteiger partial charge < -0.3 is 25.0 Å². The van der Waals surface area contributed by atoms with E-state index in [1.165, 1.54) is 4.90 Å². The molecule has 4 rings (SSSR count). The molecule has 3 aromatic rings. The summed E-state index contributed by atoms with van der Waals surface area (Å²) < 4.78 is 44.2. The molecule has 2 amide bonds. The van der Waals surface area contributed by atoms with Crippen LogP contribution in [0, 0.1) is 0 Å². The standard InChI is InChI=1S/C24H26F3N5O4/c1-2-17-15(18-5-3-4-8-28-18)11-16-21(36-13-24(25,26)27)20(31-22(16)30-17)23(35)29-14-6-9-32(10-7-14)19(34)12-33/h3-5,8,11,14,33H,2,6-7,9-10,12-13H2,1H3,(H,29,35)(H,30,31). The molecule has 1 aliphatic rings. The molecule has 192 valence electrons. The number of aliphatic hydroxyl groups excluding tert-OH is 1. The van der Waals surface area contributed by atoms with Crippen LogP contribution in [0.5, 0.6) is 5.75 Å². The molecular formula is C24H26F3N5O4. The van der Waals surface area contributed by atoms with E-state index in [1.807, 2.05) is 6.92 Å². The van der Waals surface area contributed by atoms with Gasteiger partial charge >= 0.3 is 6.18 Å². The fraction of sp³-hybridized carbons (Fsp3) is 0.417. The van der Waals surface area contributed by atoms with Gasteiger partial charge in [-0.15, -0.1) is 0 Å². The number of fused-ring (bicyclic) bond motifs is 1. The number of aliphatic hydroxyl groups is 1. The molecule has 9 nitrogen and oxygen atoms in total. The molecule has 1 fully saturated rings. The van der Waals surface area contributed by atoms with E-state index in [1.54, 1.807) is 30.5 Å². The lowest BCUT2D eigenvalue weighted by Gasteiger charge is -2.32. The highest BCUT2D eigenvalue weighted by atomic mass is 19.4. The van der Waals surface area contributed by atoms with Crippen LogP contribution < -0.4 is 10.1 Å². The maximum atomic E-state index is 13.1. The van der Waals surface area contributed by atoms with Crippen LogP contribution in [-0.4, -0.2) is 75.3 Å². The minimum absolute atomic E-state index is 0.157. The molecule has 0 unspecified atom stereocenters. The Labute approximate surface area is 204 Å². The van der Waals surface area contributed by atoms with Crippen LogP contribution in [0.1, 0.15) is 35.9 Å². The number of alkyl halides is 3. The van der Waals surface area contributed by atoms with Crippen molar-refractivity contribution < 1.29 is 32.6 Å². The number of amides is 2. The third kappa shape index (κ3) is 5.59. The molecule has 12 heteroatoms. The zero-order valence-electron chi connectivity index (χ0n) is 19.6. The molecule has 36 heavy (non-hydrogen) atoms. The summed E-state index contributed by atoms with van der Waals surface area (Å²) in [6.45, 7) is 0.439. The van der Waals surface area contributed by atoms with Gasteiger partial charge in [-0.2, -0.15) is 13.2 Å². The van der Waals surface area contributed by atoms with E-state index < -0.39 is 25.3 Å². The molecule has 3 N–H and O–H groups in total. The summed E-state index contributed by atoms with van der Waals surface area (Å²) in [5.74, 6) is -1.26. The van der Waals surface area contributed by atoms with E-state index in [4.69, 9.17) is 9.84 Å². The SMILES string of the molecule is CCc1nc2[nH]c(C(=O)NC3CCN(C(=O)CO)CC3)c(OCC(F)(F)F)c2cc1-c1ccccn1. The van der Waals surface area contributed by atoms with Crippen LogP contribution in [0.4, 0.5) is 13.2 Å². The number of rotatable bonds is 7. The van der Waals surface area contributed by atoms with Crippen molar-refractivity contribution >= 4 is 22.8 Å². The Morgan fingerprint density at radius 2 is 2.03 bits per heavy atom. The zero-order chi connectivity index (χ0) is 25.9. The smallest absolute Gasteiger partial charge is 0.422 e. The van der Waals surface area contributed by atoms with Crippen molar-refractivity contribution in [2.45, 2.75) is 38.4 Å². The third-order valence-electron chi connectivity index (χ3n) is 6.02. The first-order valence-electron chi connectivity index (χ1n) is 11.6. The minimum atomic E-state index is -4.61. The fourth-order valence-corrected chi connectivity index (χ4v) is 4.24. The van der Waals surface area contributed by atoms with Gasteiger partial charge in [-0.25, -0.2) is 4.98 Å². The molecule has 0 spiro atoms.